The van der Waals surface area contributed by atoms with E-state index in [1.165, 1.54) is 0 Å². The molecule has 1 fully saturated rings. The van der Waals surface area contributed by atoms with E-state index in [0.29, 0.717) is 30.8 Å². The first kappa shape index (κ1) is 32.0. The predicted molar refractivity (Wildman–Crippen MR) is 162 cm³/mol. The minimum atomic E-state index is -1.33. The minimum absolute atomic E-state index is 0.121. The SMILES string of the molecule is CCc1ccccc1C(=O)N[C@@H](CNC(=O)CO[C@@H]1C[C@@H](CNc2ccccn2)N(C(=O)OCc2ccccc2)C1)C(=O)O. The van der Waals surface area contributed by atoms with E-state index in [1.807, 2.05) is 49.4 Å². The molecule has 1 aromatic heterocycles. The van der Waals surface area contributed by atoms with Gasteiger partial charge in [-0.25, -0.2) is 14.6 Å². The molecule has 12 heteroatoms. The van der Waals surface area contributed by atoms with Gasteiger partial charge in [0.1, 0.15) is 25.1 Å². The number of carbonyl (C=O) groups is 4. The number of pyridine rings is 1. The van der Waals surface area contributed by atoms with Crippen molar-refractivity contribution >= 4 is 29.7 Å². The Morgan fingerprint density at radius 3 is 2.50 bits per heavy atom. The molecule has 0 aliphatic carbocycles. The van der Waals surface area contributed by atoms with Gasteiger partial charge in [-0.05, 0) is 42.2 Å². The first-order valence-corrected chi connectivity index (χ1v) is 14.5. The molecule has 2 heterocycles. The Bertz CT molecular complexity index is 1410. The highest BCUT2D eigenvalue weighted by molar-refractivity contribution is 5.98. The molecular formula is C32H37N5O7. The summed E-state index contributed by atoms with van der Waals surface area (Å²) in [6.07, 6.45) is 1.76. The number of anilines is 1. The van der Waals surface area contributed by atoms with E-state index in [9.17, 15) is 24.3 Å². The molecule has 1 aliphatic rings. The summed E-state index contributed by atoms with van der Waals surface area (Å²) in [6.45, 7) is 1.95. The lowest BCUT2D eigenvalue weighted by Gasteiger charge is -2.24. The van der Waals surface area contributed by atoms with Crippen molar-refractivity contribution in [3.8, 4) is 0 Å². The molecule has 1 aliphatic heterocycles. The van der Waals surface area contributed by atoms with Crippen LogP contribution in [-0.4, -0.2) is 83.3 Å². The number of likely N-dealkylation sites (tertiary alicyclic amines) is 1. The van der Waals surface area contributed by atoms with Gasteiger partial charge in [-0.15, -0.1) is 0 Å². The minimum Gasteiger partial charge on any atom is -0.480 e. The standard InChI is InChI=1S/C32H37N5O7/c1-2-23-12-6-7-13-26(23)30(39)36-27(31(40)41)18-35-29(38)21-43-25-16-24(17-34-28-14-8-9-15-33-28)37(19-25)32(42)44-20-22-10-4-3-5-11-22/h3-15,24-25,27H,2,16-21H2,1H3,(H,33,34)(H,35,38)(H,36,39)(H,40,41)/t24-,25+,27-/m0/s1. The summed E-state index contributed by atoms with van der Waals surface area (Å²) in [7, 11) is 0. The lowest BCUT2D eigenvalue weighted by molar-refractivity contribution is -0.139. The van der Waals surface area contributed by atoms with Gasteiger partial charge in [-0.2, -0.15) is 0 Å². The number of nitrogens with one attached hydrogen (secondary N) is 3. The van der Waals surface area contributed by atoms with E-state index in [-0.39, 0.29) is 32.3 Å². The number of benzene rings is 2. The van der Waals surface area contributed by atoms with Crippen LogP contribution in [0.25, 0.3) is 0 Å². The van der Waals surface area contributed by atoms with Crippen LogP contribution < -0.4 is 16.0 Å². The van der Waals surface area contributed by atoms with Gasteiger partial charge in [-0.1, -0.05) is 61.5 Å². The van der Waals surface area contributed by atoms with Crippen molar-refractivity contribution in [3.63, 3.8) is 0 Å². The van der Waals surface area contributed by atoms with Gasteiger partial charge in [0.2, 0.25) is 5.91 Å². The van der Waals surface area contributed by atoms with Crippen LogP contribution in [0.1, 0.15) is 34.8 Å². The second-order valence-corrected chi connectivity index (χ2v) is 10.3. The molecule has 1 saturated heterocycles. The van der Waals surface area contributed by atoms with Crippen molar-refractivity contribution in [3.05, 3.63) is 95.7 Å². The number of rotatable bonds is 14. The maximum atomic E-state index is 13.0. The van der Waals surface area contributed by atoms with E-state index in [0.717, 1.165) is 11.1 Å². The molecule has 3 atom stereocenters. The molecule has 4 rings (SSSR count). The Morgan fingerprint density at radius 2 is 1.77 bits per heavy atom. The Labute approximate surface area is 255 Å². The average Bonchev–Trinajstić information content (AvgIpc) is 3.47. The first-order chi connectivity index (χ1) is 21.3. The van der Waals surface area contributed by atoms with Gasteiger partial charge in [0.25, 0.3) is 5.91 Å². The molecule has 12 nitrogen and oxygen atoms in total. The zero-order chi connectivity index (χ0) is 31.3. The average molecular weight is 604 g/mol. The van der Waals surface area contributed by atoms with Crippen molar-refractivity contribution in [2.24, 2.45) is 0 Å². The number of amides is 3. The molecule has 0 bridgehead atoms. The Balaban J connectivity index is 1.29. The lowest BCUT2D eigenvalue weighted by Crippen LogP contribution is -2.49. The normalized spacial score (nSPS) is 16.5. The number of hydrogen-bond acceptors (Lipinski definition) is 8. The van der Waals surface area contributed by atoms with Crippen LogP contribution in [0.2, 0.25) is 0 Å². The highest BCUT2D eigenvalue weighted by atomic mass is 16.6. The fraction of sp³-hybridized carbons (Fsp3) is 0.344. The molecule has 232 valence electrons. The van der Waals surface area contributed by atoms with Crippen molar-refractivity contribution in [2.75, 3.05) is 31.6 Å². The number of aryl methyl sites for hydroxylation is 1. The van der Waals surface area contributed by atoms with E-state index >= 15 is 0 Å². The van der Waals surface area contributed by atoms with Gasteiger partial charge in [0, 0.05) is 24.8 Å². The van der Waals surface area contributed by atoms with Crippen LogP contribution in [0.3, 0.4) is 0 Å². The van der Waals surface area contributed by atoms with Crippen LogP contribution in [0, 0.1) is 0 Å². The number of aliphatic carboxylic acids is 1. The maximum Gasteiger partial charge on any atom is 0.410 e. The van der Waals surface area contributed by atoms with Crippen molar-refractivity contribution in [2.45, 2.75) is 44.6 Å². The number of ether oxygens (including phenoxy) is 2. The summed E-state index contributed by atoms with van der Waals surface area (Å²) in [5, 5.41) is 17.8. The molecule has 3 amide bonds. The lowest BCUT2D eigenvalue weighted by atomic mass is 10.0. The molecule has 2 aromatic carbocycles. The van der Waals surface area contributed by atoms with E-state index in [1.54, 1.807) is 41.4 Å². The van der Waals surface area contributed by atoms with Crippen LogP contribution in [-0.2, 0) is 32.1 Å². The number of carbonyl (C=O) groups excluding carboxylic acids is 3. The van der Waals surface area contributed by atoms with Crippen LogP contribution in [0.15, 0.2) is 79.0 Å². The fourth-order valence-corrected chi connectivity index (χ4v) is 4.85. The van der Waals surface area contributed by atoms with Crippen molar-refractivity contribution in [1.82, 2.24) is 20.5 Å². The number of hydrogen-bond donors (Lipinski definition) is 4. The fourth-order valence-electron chi connectivity index (χ4n) is 4.85. The smallest absolute Gasteiger partial charge is 0.410 e. The third kappa shape index (κ3) is 9.27. The zero-order valence-electron chi connectivity index (χ0n) is 24.5. The molecule has 0 spiro atoms. The molecule has 0 saturated carbocycles. The van der Waals surface area contributed by atoms with Crippen LogP contribution >= 0.6 is 0 Å². The Hall–Kier alpha value is -4.97. The first-order valence-electron chi connectivity index (χ1n) is 14.5. The summed E-state index contributed by atoms with van der Waals surface area (Å²) in [5.41, 5.74) is 2.03. The zero-order valence-corrected chi connectivity index (χ0v) is 24.5. The van der Waals surface area contributed by atoms with Crippen molar-refractivity contribution in [1.29, 1.82) is 0 Å². The molecule has 0 unspecified atom stereocenters. The third-order valence-corrected chi connectivity index (χ3v) is 7.20. The molecule has 3 aromatic rings. The molecule has 44 heavy (non-hydrogen) atoms. The van der Waals surface area contributed by atoms with Gasteiger partial charge in [0.05, 0.1) is 18.7 Å². The third-order valence-electron chi connectivity index (χ3n) is 7.20. The van der Waals surface area contributed by atoms with Crippen LogP contribution in [0.5, 0.6) is 0 Å². The summed E-state index contributed by atoms with van der Waals surface area (Å²) in [5.74, 6) is -1.70. The maximum absolute atomic E-state index is 13.0. The van der Waals surface area contributed by atoms with Crippen molar-refractivity contribution < 1.29 is 33.8 Å². The highest BCUT2D eigenvalue weighted by Gasteiger charge is 2.37. The van der Waals surface area contributed by atoms with Gasteiger partial charge >= 0.3 is 12.1 Å². The summed E-state index contributed by atoms with van der Waals surface area (Å²) < 4.78 is 11.4. The van der Waals surface area contributed by atoms with Gasteiger partial charge in [0.15, 0.2) is 0 Å². The van der Waals surface area contributed by atoms with E-state index in [2.05, 4.69) is 20.9 Å². The summed E-state index contributed by atoms with van der Waals surface area (Å²) >= 11 is 0. The molecule has 0 radical (unpaired) electrons. The highest BCUT2D eigenvalue weighted by Crippen LogP contribution is 2.22. The topological polar surface area (TPSA) is 159 Å². The molecular weight excluding hydrogens is 566 g/mol. The second-order valence-electron chi connectivity index (χ2n) is 10.3. The predicted octanol–water partition coefficient (Wildman–Crippen LogP) is 2.85. The summed E-state index contributed by atoms with van der Waals surface area (Å²) in [4.78, 5) is 55.9. The summed E-state index contributed by atoms with van der Waals surface area (Å²) in [6, 6.07) is 20.1. The van der Waals surface area contributed by atoms with Gasteiger partial charge < -0.3 is 35.4 Å². The quantitative estimate of drug-likeness (QED) is 0.217. The monoisotopic (exact) mass is 603 g/mol. The Morgan fingerprint density at radius 1 is 1.02 bits per heavy atom. The van der Waals surface area contributed by atoms with Gasteiger partial charge in [-0.3, -0.25) is 9.59 Å². The number of carboxylic acid groups (broad SMARTS) is 1. The van der Waals surface area contributed by atoms with E-state index < -0.39 is 36.0 Å². The van der Waals surface area contributed by atoms with Crippen LogP contribution in [0.4, 0.5) is 10.6 Å². The second kappa shape index (κ2) is 16.0. The number of carboxylic acids is 1. The largest absolute Gasteiger partial charge is 0.480 e. The van der Waals surface area contributed by atoms with E-state index in [4.69, 9.17) is 9.47 Å². The Kier molecular flexibility index (Phi) is 11.6. The number of aromatic nitrogens is 1. The molecule has 4 N–H and O–H groups in total. The number of nitrogens with zero attached hydrogens (tertiary/aromatic N) is 2.